The van der Waals surface area contributed by atoms with Crippen LogP contribution in [0.5, 0.6) is 0 Å². The molecular formula is C21H20O4. The Morgan fingerprint density at radius 2 is 1.36 bits per heavy atom. The summed E-state index contributed by atoms with van der Waals surface area (Å²) >= 11 is 0. The van der Waals surface area contributed by atoms with E-state index in [9.17, 15) is 9.59 Å². The lowest BCUT2D eigenvalue weighted by Crippen LogP contribution is -2.24. The Morgan fingerprint density at radius 3 is 1.72 bits per heavy atom. The van der Waals surface area contributed by atoms with Crippen LogP contribution in [0.2, 0.25) is 0 Å². The molecule has 1 aliphatic carbocycles. The number of allylic oxidation sites excluding steroid dienone is 1. The smallest absolute Gasteiger partial charge is 0.338 e. The van der Waals surface area contributed by atoms with Crippen molar-refractivity contribution in [3.63, 3.8) is 0 Å². The molecule has 0 radical (unpaired) electrons. The van der Waals surface area contributed by atoms with Crippen molar-refractivity contribution in [3.05, 3.63) is 84.4 Å². The van der Waals surface area contributed by atoms with Crippen LogP contribution in [-0.2, 0) is 9.47 Å². The normalized spacial score (nSPS) is 17.4. The Balaban J connectivity index is 1.58. The van der Waals surface area contributed by atoms with Gasteiger partial charge in [0.05, 0.1) is 11.1 Å². The number of benzene rings is 2. The van der Waals surface area contributed by atoms with E-state index in [1.807, 2.05) is 18.2 Å². The van der Waals surface area contributed by atoms with Gasteiger partial charge in [0.25, 0.3) is 0 Å². The quantitative estimate of drug-likeness (QED) is 0.568. The summed E-state index contributed by atoms with van der Waals surface area (Å²) < 4.78 is 10.9. The highest BCUT2D eigenvalue weighted by Crippen LogP contribution is 2.53. The lowest BCUT2D eigenvalue weighted by atomic mass is 10.1. The van der Waals surface area contributed by atoms with Crippen molar-refractivity contribution in [2.75, 3.05) is 13.2 Å². The molecule has 2 aromatic carbocycles. The maximum absolute atomic E-state index is 12.1. The minimum atomic E-state index is -0.371. The van der Waals surface area contributed by atoms with Gasteiger partial charge in [-0.05, 0) is 36.6 Å². The van der Waals surface area contributed by atoms with Gasteiger partial charge in [-0.2, -0.15) is 0 Å². The minimum absolute atomic E-state index is 0.180. The van der Waals surface area contributed by atoms with Crippen molar-refractivity contribution in [1.29, 1.82) is 0 Å². The fourth-order valence-electron chi connectivity index (χ4n) is 2.82. The number of carbonyl (C=O) groups is 2. The van der Waals surface area contributed by atoms with Crippen LogP contribution in [-0.4, -0.2) is 25.2 Å². The summed E-state index contributed by atoms with van der Waals surface area (Å²) in [6, 6.07) is 17.7. The Bertz CT molecular complexity index is 696. The van der Waals surface area contributed by atoms with Crippen LogP contribution in [0.15, 0.2) is 73.3 Å². The molecular weight excluding hydrogens is 316 g/mol. The van der Waals surface area contributed by atoms with Crippen LogP contribution < -0.4 is 0 Å². The molecule has 0 spiro atoms. The first-order valence-corrected chi connectivity index (χ1v) is 8.21. The van der Waals surface area contributed by atoms with Gasteiger partial charge in [-0.1, -0.05) is 42.5 Å². The van der Waals surface area contributed by atoms with E-state index in [1.165, 1.54) is 0 Å². The van der Waals surface area contributed by atoms with E-state index in [2.05, 4.69) is 6.58 Å². The third kappa shape index (κ3) is 3.97. The molecule has 1 unspecified atom stereocenters. The van der Waals surface area contributed by atoms with Crippen molar-refractivity contribution in [3.8, 4) is 0 Å². The molecule has 0 amide bonds. The zero-order chi connectivity index (χ0) is 17.7. The predicted octanol–water partition coefficient (Wildman–Crippen LogP) is 3.89. The second-order valence-electron chi connectivity index (χ2n) is 6.29. The van der Waals surface area contributed by atoms with Gasteiger partial charge in [0.2, 0.25) is 0 Å². The Labute approximate surface area is 147 Å². The summed E-state index contributed by atoms with van der Waals surface area (Å²) in [5.41, 5.74) is 0.654. The topological polar surface area (TPSA) is 52.6 Å². The Morgan fingerprint density at radius 1 is 0.920 bits per heavy atom. The molecule has 4 heteroatoms. The van der Waals surface area contributed by atoms with Gasteiger partial charge >= 0.3 is 11.9 Å². The van der Waals surface area contributed by atoms with Crippen molar-refractivity contribution >= 4 is 11.9 Å². The number of hydrogen-bond donors (Lipinski definition) is 0. The molecule has 0 aromatic heterocycles. The van der Waals surface area contributed by atoms with Crippen molar-refractivity contribution in [2.24, 2.45) is 11.3 Å². The molecule has 2 aromatic rings. The maximum Gasteiger partial charge on any atom is 0.338 e. The van der Waals surface area contributed by atoms with Gasteiger partial charge in [0, 0.05) is 5.41 Å². The van der Waals surface area contributed by atoms with E-state index in [0.29, 0.717) is 11.1 Å². The summed E-state index contributed by atoms with van der Waals surface area (Å²) in [5, 5.41) is 0. The van der Waals surface area contributed by atoms with Crippen LogP contribution in [0.4, 0.5) is 0 Å². The molecule has 128 valence electrons. The van der Waals surface area contributed by atoms with E-state index < -0.39 is 0 Å². The summed E-state index contributed by atoms with van der Waals surface area (Å²) in [6.07, 6.45) is 2.62. The van der Waals surface area contributed by atoms with Crippen molar-refractivity contribution in [1.82, 2.24) is 0 Å². The molecule has 3 rings (SSSR count). The number of hydrogen-bond acceptors (Lipinski definition) is 4. The highest BCUT2D eigenvalue weighted by atomic mass is 16.5. The highest BCUT2D eigenvalue weighted by molar-refractivity contribution is 5.89. The molecule has 0 N–H and O–H groups in total. The highest BCUT2D eigenvalue weighted by Gasteiger charge is 2.54. The molecule has 4 nitrogen and oxygen atoms in total. The zero-order valence-electron chi connectivity index (χ0n) is 13.9. The monoisotopic (exact) mass is 336 g/mol. The largest absolute Gasteiger partial charge is 0.461 e. The minimum Gasteiger partial charge on any atom is -0.461 e. The SMILES string of the molecule is C=CC1CC1(COC(=O)c1ccccc1)COC(=O)c1ccccc1. The fraction of sp³-hybridized carbons (Fsp3) is 0.238. The van der Waals surface area contributed by atoms with Gasteiger partial charge in [-0.3, -0.25) is 0 Å². The second-order valence-corrected chi connectivity index (χ2v) is 6.29. The van der Waals surface area contributed by atoms with Crippen LogP contribution in [0, 0.1) is 11.3 Å². The van der Waals surface area contributed by atoms with Crippen LogP contribution in [0.1, 0.15) is 27.1 Å². The van der Waals surface area contributed by atoms with Gasteiger partial charge in [-0.15, -0.1) is 6.58 Å². The predicted molar refractivity (Wildman–Crippen MR) is 94.2 cm³/mol. The van der Waals surface area contributed by atoms with Crippen LogP contribution in [0.25, 0.3) is 0 Å². The molecule has 0 saturated heterocycles. The molecule has 0 bridgehead atoms. The maximum atomic E-state index is 12.1. The molecule has 0 heterocycles. The summed E-state index contributed by atoms with van der Waals surface area (Å²) in [4.78, 5) is 24.2. The summed E-state index contributed by atoms with van der Waals surface area (Å²) in [5.74, 6) is -0.562. The number of rotatable bonds is 7. The third-order valence-corrected chi connectivity index (χ3v) is 4.54. The van der Waals surface area contributed by atoms with E-state index in [-0.39, 0.29) is 36.5 Å². The second kappa shape index (κ2) is 7.34. The molecule has 0 aliphatic heterocycles. The van der Waals surface area contributed by atoms with E-state index in [0.717, 1.165) is 6.42 Å². The number of carbonyl (C=O) groups excluding carboxylic acids is 2. The Kier molecular flexibility index (Phi) is 4.98. The third-order valence-electron chi connectivity index (χ3n) is 4.54. The lowest BCUT2D eigenvalue weighted by Gasteiger charge is -2.17. The fourth-order valence-corrected chi connectivity index (χ4v) is 2.82. The lowest BCUT2D eigenvalue weighted by molar-refractivity contribution is 0.0192. The Hall–Kier alpha value is -2.88. The first kappa shape index (κ1) is 17.0. The van der Waals surface area contributed by atoms with Crippen LogP contribution >= 0.6 is 0 Å². The van der Waals surface area contributed by atoms with Crippen molar-refractivity contribution < 1.29 is 19.1 Å². The van der Waals surface area contributed by atoms with Gasteiger partial charge < -0.3 is 9.47 Å². The first-order chi connectivity index (χ1) is 12.1. The van der Waals surface area contributed by atoms with Gasteiger partial charge in [-0.25, -0.2) is 9.59 Å². The van der Waals surface area contributed by atoms with E-state index in [4.69, 9.17) is 9.47 Å². The molecule has 1 aliphatic rings. The molecule has 1 saturated carbocycles. The summed E-state index contributed by atoms with van der Waals surface area (Å²) in [6.45, 7) is 4.22. The van der Waals surface area contributed by atoms with Gasteiger partial charge in [0.1, 0.15) is 13.2 Å². The van der Waals surface area contributed by atoms with Crippen LogP contribution in [0.3, 0.4) is 0 Å². The molecule has 25 heavy (non-hydrogen) atoms. The van der Waals surface area contributed by atoms with E-state index >= 15 is 0 Å². The first-order valence-electron chi connectivity index (χ1n) is 8.21. The van der Waals surface area contributed by atoms with E-state index in [1.54, 1.807) is 48.5 Å². The number of ether oxygens (including phenoxy) is 2. The summed E-state index contributed by atoms with van der Waals surface area (Å²) in [7, 11) is 0. The molecule has 1 fully saturated rings. The standard InChI is InChI=1S/C21H20O4/c1-2-18-13-21(18,14-24-19(22)16-9-5-3-6-10-16)15-25-20(23)17-11-7-4-8-12-17/h2-12,18H,1,13-15H2. The number of esters is 2. The zero-order valence-corrected chi connectivity index (χ0v) is 13.9. The molecule has 1 atom stereocenters. The average Bonchev–Trinajstić information content (AvgIpc) is 3.39. The van der Waals surface area contributed by atoms with Crippen molar-refractivity contribution in [2.45, 2.75) is 6.42 Å². The average molecular weight is 336 g/mol. The van der Waals surface area contributed by atoms with Gasteiger partial charge in [0.15, 0.2) is 0 Å².